The van der Waals surface area contributed by atoms with Crippen molar-refractivity contribution >= 4 is 0 Å². The normalized spacial score (nSPS) is 42.9. The van der Waals surface area contributed by atoms with Crippen LogP contribution < -0.4 is 0 Å². The van der Waals surface area contributed by atoms with Crippen LogP contribution in [0.3, 0.4) is 0 Å². The first-order valence-corrected chi connectivity index (χ1v) is 6.83. The van der Waals surface area contributed by atoms with E-state index < -0.39 is 11.7 Å². The highest BCUT2D eigenvalue weighted by Gasteiger charge is 2.50. The largest absolute Gasteiger partial charge is 0.392 e. The van der Waals surface area contributed by atoms with Crippen LogP contribution in [0.5, 0.6) is 0 Å². The number of hydrogen-bond acceptors (Lipinski definition) is 2. The van der Waals surface area contributed by atoms with E-state index in [0.717, 1.165) is 19.3 Å². The summed E-state index contributed by atoms with van der Waals surface area (Å²) in [6.07, 6.45) is 6.23. The van der Waals surface area contributed by atoms with Gasteiger partial charge in [-0.05, 0) is 51.9 Å². The summed E-state index contributed by atoms with van der Waals surface area (Å²) in [6.45, 7) is 8.09. The Hall–Kier alpha value is -0.340. The molecule has 0 spiro atoms. The predicted octanol–water partition coefficient (Wildman–Crippen LogP) is 2.89. The Morgan fingerprint density at radius 1 is 1.35 bits per heavy atom. The minimum absolute atomic E-state index is 0.00187. The summed E-state index contributed by atoms with van der Waals surface area (Å²) in [4.78, 5) is 0. The lowest BCUT2D eigenvalue weighted by molar-refractivity contribution is -0.118. The monoisotopic (exact) mass is 238 g/mol. The molecule has 17 heavy (non-hydrogen) atoms. The van der Waals surface area contributed by atoms with Gasteiger partial charge in [-0.2, -0.15) is 0 Å². The second kappa shape index (κ2) is 4.10. The van der Waals surface area contributed by atoms with E-state index in [0.29, 0.717) is 0 Å². The molecule has 1 fully saturated rings. The molecule has 4 atom stereocenters. The van der Waals surface area contributed by atoms with Crippen molar-refractivity contribution in [1.29, 1.82) is 0 Å². The molecule has 2 aliphatic rings. The summed E-state index contributed by atoms with van der Waals surface area (Å²) in [6, 6.07) is 0. The van der Waals surface area contributed by atoms with Crippen LogP contribution in [0.1, 0.15) is 53.4 Å². The molecule has 0 aliphatic heterocycles. The molecular formula is C15H26O2. The molecule has 0 saturated heterocycles. The van der Waals surface area contributed by atoms with E-state index in [-0.39, 0.29) is 17.3 Å². The fraction of sp³-hybridized carbons (Fsp3) is 0.867. The highest BCUT2D eigenvalue weighted by Crippen LogP contribution is 2.53. The van der Waals surface area contributed by atoms with Crippen molar-refractivity contribution in [2.24, 2.45) is 17.3 Å². The van der Waals surface area contributed by atoms with Crippen LogP contribution in [0.4, 0.5) is 0 Å². The van der Waals surface area contributed by atoms with Gasteiger partial charge in [0.2, 0.25) is 0 Å². The molecule has 2 N–H and O–H groups in total. The minimum Gasteiger partial charge on any atom is -0.392 e. The van der Waals surface area contributed by atoms with E-state index in [1.807, 2.05) is 13.8 Å². The second-order valence-corrected chi connectivity index (χ2v) is 6.91. The lowest BCUT2D eigenvalue weighted by Gasteiger charge is -2.52. The molecule has 1 saturated carbocycles. The number of aliphatic hydroxyl groups excluding tert-OH is 1. The smallest absolute Gasteiger partial charge is 0.0665 e. The summed E-state index contributed by atoms with van der Waals surface area (Å²) in [5.41, 5.74) is 0.776. The first-order chi connectivity index (χ1) is 7.76. The second-order valence-electron chi connectivity index (χ2n) is 6.91. The molecule has 0 heterocycles. The van der Waals surface area contributed by atoms with Gasteiger partial charge in [-0.15, -0.1) is 0 Å². The fourth-order valence-electron chi connectivity index (χ4n) is 4.08. The molecule has 0 amide bonds. The molecule has 0 aromatic carbocycles. The summed E-state index contributed by atoms with van der Waals surface area (Å²) in [7, 11) is 0. The van der Waals surface area contributed by atoms with Gasteiger partial charge in [-0.1, -0.05) is 18.6 Å². The Bertz CT molecular complexity index is 326. The zero-order valence-electron chi connectivity index (χ0n) is 11.5. The van der Waals surface area contributed by atoms with E-state index in [1.165, 1.54) is 12.0 Å². The number of hydrogen-bond donors (Lipinski definition) is 2. The predicted molar refractivity (Wildman–Crippen MR) is 69.6 cm³/mol. The topological polar surface area (TPSA) is 40.5 Å². The molecule has 4 unspecified atom stereocenters. The zero-order chi connectivity index (χ0) is 12.8. The molecule has 0 aromatic heterocycles. The van der Waals surface area contributed by atoms with Gasteiger partial charge >= 0.3 is 0 Å². The molecule has 2 aliphatic carbocycles. The van der Waals surface area contributed by atoms with Gasteiger partial charge in [0, 0.05) is 11.8 Å². The molecule has 2 heteroatoms. The molecule has 0 radical (unpaired) electrons. The van der Waals surface area contributed by atoms with Crippen LogP contribution in [0.15, 0.2) is 11.6 Å². The van der Waals surface area contributed by atoms with Gasteiger partial charge < -0.3 is 10.2 Å². The third kappa shape index (κ3) is 2.17. The Morgan fingerprint density at radius 3 is 2.59 bits per heavy atom. The van der Waals surface area contributed by atoms with Crippen LogP contribution in [0.2, 0.25) is 0 Å². The van der Waals surface area contributed by atoms with Crippen molar-refractivity contribution in [2.45, 2.75) is 65.1 Å². The quantitative estimate of drug-likeness (QED) is 0.690. The number of allylic oxidation sites excluding steroid dienone is 1. The first kappa shape index (κ1) is 13.1. The van der Waals surface area contributed by atoms with Gasteiger partial charge in [0.25, 0.3) is 0 Å². The average molecular weight is 238 g/mol. The highest BCUT2D eigenvalue weighted by atomic mass is 16.3. The molecular weight excluding hydrogens is 212 g/mol. The zero-order valence-corrected chi connectivity index (χ0v) is 11.5. The lowest BCUT2D eigenvalue weighted by Crippen LogP contribution is -2.52. The third-order valence-corrected chi connectivity index (χ3v) is 5.11. The molecule has 0 aromatic rings. The van der Waals surface area contributed by atoms with E-state index in [1.54, 1.807) is 0 Å². The third-order valence-electron chi connectivity index (χ3n) is 5.11. The number of aliphatic hydroxyl groups is 2. The Morgan fingerprint density at radius 2 is 2.00 bits per heavy atom. The number of fused-ring (bicyclic) bond motifs is 1. The lowest BCUT2D eigenvalue weighted by atomic mass is 9.55. The summed E-state index contributed by atoms with van der Waals surface area (Å²) < 4.78 is 0. The summed E-state index contributed by atoms with van der Waals surface area (Å²) in [5, 5.41) is 20.8. The minimum atomic E-state index is -0.779. The van der Waals surface area contributed by atoms with Gasteiger partial charge in [0.05, 0.1) is 11.7 Å². The molecule has 0 bridgehead atoms. The van der Waals surface area contributed by atoms with Crippen LogP contribution >= 0.6 is 0 Å². The van der Waals surface area contributed by atoms with Crippen LogP contribution in [-0.4, -0.2) is 21.9 Å². The van der Waals surface area contributed by atoms with E-state index in [4.69, 9.17) is 0 Å². The van der Waals surface area contributed by atoms with Crippen molar-refractivity contribution < 1.29 is 10.2 Å². The first-order valence-electron chi connectivity index (χ1n) is 6.83. The van der Waals surface area contributed by atoms with Crippen molar-refractivity contribution in [3.8, 4) is 0 Å². The van der Waals surface area contributed by atoms with Gasteiger partial charge in [-0.25, -0.2) is 0 Å². The van der Waals surface area contributed by atoms with Crippen LogP contribution in [0.25, 0.3) is 0 Å². The SMILES string of the molecule is CC1=CCCC2(C)CCC(C(C)(C)O)C(O)C12. The Labute approximate surface area is 105 Å². The van der Waals surface area contributed by atoms with Crippen LogP contribution in [0, 0.1) is 17.3 Å². The van der Waals surface area contributed by atoms with Gasteiger partial charge in [0.15, 0.2) is 0 Å². The maximum Gasteiger partial charge on any atom is 0.0665 e. The standard InChI is InChI=1S/C15H26O2/c1-10-6-5-8-15(4)9-7-11(14(2,3)17)13(16)12(10)15/h6,11-13,16-17H,5,7-9H2,1-4H3. The molecule has 2 nitrogen and oxygen atoms in total. The van der Waals surface area contributed by atoms with Crippen molar-refractivity contribution in [3.05, 3.63) is 11.6 Å². The number of rotatable bonds is 1. The van der Waals surface area contributed by atoms with E-state index >= 15 is 0 Å². The van der Waals surface area contributed by atoms with E-state index in [9.17, 15) is 10.2 Å². The fourth-order valence-corrected chi connectivity index (χ4v) is 4.08. The van der Waals surface area contributed by atoms with E-state index in [2.05, 4.69) is 19.9 Å². The van der Waals surface area contributed by atoms with Crippen LogP contribution in [-0.2, 0) is 0 Å². The highest BCUT2D eigenvalue weighted by molar-refractivity contribution is 5.18. The van der Waals surface area contributed by atoms with Gasteiger partial charge in [0.1, 0.15) is 0 Å². The van der Waals surface area contributed by atoms with Crippen molar-refractivity contribution in [2.75, 3.05) is 0 Å². The summed E-state index contributed by atoms with van der Waals surface area (Å²) >= 11 is 0. The molecule has 2 rings (SSSR count). The Kier molecular flexibility index (Phi) is 3.16. The summed E-state index contributed by atoms with van der Waals surface area (Å²) in [5.74, 6) is 0.239. The van der Waals surface area contributed by atoms with Gasteiger partial charge in [-0.3, -0.25) is 0 Å². The Balaban J connectivity index is 2.30. The van der Waals surface area contributed by atoms with Crippen molar-refractivity contribution in [1.82, 2.24) is 0 Å². The van der Waals surface area contributed by atoms with Crippen molar-refractivity contribution in [3.63, 3.8) is 0 Å². The molecule has 98 valence electrons. The maximum atomic E-state index is 10.6. The maximum absolute atomic E-state index is 10.6. The average Bonchev–Trinajstić information content (AvgIpc) is 2.14.